The molecule has 0 amide bonds. The van der Waals surface area contributed by atoms with Crippen LogP contribution in [0.4, 0.5) is 5.95 Å². The Balaban J connectivity index is 1.68. The fourth-order valence-corrected chi connectivity index (χ4v) is 4.01. The van der Waals surface area contributed by atoms with E-state index >= 15 is 0 Å². The predicted molar refractivity (Wildman–Crippen MR) is 73.5 cm³/mol. The van der Waals surface area contributed by atoms with Crippen molar-refractivity contribution < 1.29 is 0 Å². The van der Waals surface area contributed by atoms with E-state index in [2.05, 4.69) is 22.2 Å². The molecule has 0 saturated heterocycles. The summed E-state index contributed by atoms with van der Waals surface area (Å²) in [5.41, 5.74) is 2.09. The Bertz CT molecular complexity index is 423. The Kier molecular flexibility index (Phi) is 3.00. The first-order valence-corrected chi connectivity index (χ1v) is 7.20. The minimum atomic E-state index is 0.501. The molecule has 1 aromatic heterocycles. The molecule has 4 atom stereocenters. The number of nitrogens with zero attached hydrogens (tertiary/aromatic N) is 2. The third kappa shape index (κ3) is 2.23. The van der Waals surface area contributed by atoms with Crippen molar-refractivity contribution in [3.8, 4) is 0 Å². The van der Waals surface area contributed by atoms with Gasteiger partial charge in [-0.3, -0.25) is 0 Å². The van der Waals surface area contributed by atoms with Crippen LogP contribution < -0.4 is 5.32 Å². The molecule has 2 aliphatic rings. The van der Waals surface area contributed by atoms with Crippen molar-refractivity contribution in [2.45, 2.75) is 52.5 Å². The van der Waals surface area contributed by atoms with E-state index in [9.17, 15) is 0 Å². The van der Waals surface area contributed by atoms with Crippen LogP contribution in [0.25, 0.3) is 0 Å². The van der Waals surface area contributed by atoms with Gasteiger partial charge in [0, 0.05) is 17.4 Å². The van der Waals surface area contributed by atoms with Gasteiger partial charge in [0.25, 0.3) is 0 Å². The Labute approximate surface area is 109 Å². The van der Waals surface area contributed by atoms with Gasteiger partial charge in [0.1, 0.15) is 0 Å². The molecule has 18 heavy (non-hydrogen) atoms. The molecule has 1 heterocycles. The Hall–Kier alpha value is -1.12. The van der Waals surface area contributed by atoms with Gasteiger partial charge in [-0.05, 0) is 63.9 Å². The van der Waals surface area contributed by atoms with Crippen LogP contribution in [0.5, 0.6) is 0 Å². The van der Waals surface area contributed by atoms with Crippen molar-refractivity contribution in [3.05, 3.63) is 17.5 Å². The molecule has 2 fully saturated rings. The molecule has 4 unspecified atom stereocenters. The lowest BCUT2D eigenvalue weighted by molar-refractivity contribution is 0.303. The SMILES string of the molecule is Cc1cc(C)nc(NC(C)C2CC3CCC2C3)n1. The molecule has 1 aromatic rings. The van der Waals surface area contributed by atoms with Crippen LogP contribution in [-0.2, 0) is 0 Å². The smallest absolute Gasteiger partial charge is 0.223 e. The summed E-state index contributed by atoms with van der Waals surface area (Å²) in [7, 11) is 0. The molecule has 3 heteroatoms. The van der Waals surface area contributed by atoms with Crippen molar-refractivity contribution in [1.82, 2.24) is 9.97 Å². The van der Waals surface area contributed by atoms with Crippen molar-refractivity contribution in [2.75, 3.05) is 5.32 Å². The molecule has 2 saturated carbocycles. The number of rotatable bonds is 3. The molecular weight excluding hydrogens is 222 g/mol. The number of hydrogen-bond donors (Lipinski definition) is 1. The normalized spacial score (nSPS) is 31.6. The van der Waals surface area contributed by atoms with Crippen molar-refractivity contribution >= 4 is 5.95 Å². The van der Waals surface area contributed by atoms with E-state index in [0.717, 1.165) is 35.1 Å². The van der Waals surface area contributed by atoms with Gasteiger partial charge in [-0.2, -0.15) is 0 Å². The molecule has 3 nitrogen and oxygen atoms in total. The van der Waals surface area contributed by atoms with Gasteiger partial charge < -0.3 is 5.32 Å². The van der Waals surface area contributed by atoms with Crippen LogP contribution in [0.1, 0.15) is 44.0 Å². The summed E-state index contributed by atoms with van der Waals surface area (Å²) in [5, 5.41) is 3.53. The minimum Gasteiger partial charge on any atom is -0.351 e. The van der Waals surface area contributed by atoms with Crippen LogP contribution in [0.3, 0.4) is 0 Å². The molecule has 98 valence electrons. The summed E-state index contributed by atoms with van der Waals surface area (Å²) in [6.45, 7) is 6.36. The van der Waals surface area contributed by atoms with Gasteiger partial charge in [-0.15, -0.1) is 0 Å². The summed E-state index contributed by atoms with van der Waals surface area (Å²) in [5.74, 6) is 3.59. The second kappa shape index (κ2) is 4.52. The standard InChI is InChI=1S/C15H23N3/c1-9-6-10(2)17-15(16-9)18-11(3)14-8-12-4-5-13(14)7-12/h6,11-14H,4-5,7-8H2,1-3H3,(H,16,17,18). The zero-order valence-corrected chi connectivity index (χ0v) is 11.6. The van der Waals surface area contributed by atoms with Crippen LogP contribution in [0.2, 0.25) is 0 Å². The van der Waals surface area contributed by atoms with Gasteiger partial charge in [0.15, 0.2) is 0 Å². The highest BCUT2D eigenvalue weighted by Crippen LogP contribution is 2.49. The van der Waals surface area contributed by atoms with Crippen molar-refractivity contribution in [1.29, 1.82) is 0 Å². The Morgan fingerprint density at radius 1 is 1.17 bits per heavy atom. The lowest BCUT2D eigenvalue weighted by atomic mass is 9.84. The first-order chi connectivity index (χ1) is 8.61. The Morgan fingerprint density at radius 3 is 2.44 bits per heavy atom. The molecule has 0 radical (unpaired) electrons. The average molecular weight is 245 g/mol. The van der Waals surface area contributed by atoms with Gasteiger partial charge in [-0.1, -0.05) is 6.42 Å². The topological polar surface area (TPSA) is 37.8 Å². The lowest BCUT2D eigenvalue weighted by Gasteiger charge is -2.28. The van der Waals surface area contributed by atoms with Crippen LogP contribution in [-0.4, -0.2) is 16.0 Å². The molecule has 0 spiro atoms. The number of hydrogen-bond acceptors (Lipinski definition) is 3. The van der Waals surface area contributed by atoms with E-state index in [0.29, 0.717) is 6.04 Å². The Morgan fingerprint density at radius 2 is 1.89 bits per heavy atom. The van der Waals surface area contributed by atoms with E-state index in [1.807, 2.05) is 19.9 Å². The van der Waals surface area contributed by atoms with E-state index in [4.69, 9.17) is 0 Å². The number of nitrogens with one attached hydrogen (secondary N) is 1. The second-order valence-corrected chi connectivity index (χ2v) is 6.25. The summed E-state index contributed by atoms with van der Waals surface area (Å²) in [4.78, 5) is 8.97. The first kappa shape index (κ1) is 11.9. The maximum Gasteiger partial charge on any atom is 0.223 e. The van der Waals surface area contributed by atoms with E-state index in [1.54, 1.807) is 0 Å². The summed E-state index contributed by atoms with van der Waals surface area (Å²) < 4.78 is 0. The zero-order chi connectivity index (χ0) is 12.7. The van der Waals surface area contributed by atoms with Crippen molar-refractivity contribution in [3.63, 3.8) is 0 Å². The minimum absolute atomic E-state index is 0.501. The molecule has 0 aliphatic heterocycles. The monoisotopic (exact) mass is 245 g/mol. The molecule has 3 rings (SSSR count). The maximum absolute atomic E-state index is 4.49. The fraction of sp³-hybridized carbons (Fsp3) is 0.733. The van der Waals surface area contributed by atoms with Gasteiger partial charge in [0.2, 0.25) is 5.95 Å². The van der Waals surface area contributed by atoms with E-state index in [-0.39, 0.29) is 0 Å². The summed E-state index contributed by atoms with van der Waals surface area (Å²) in [6, 6.07) is 2.52. The van der Waals surface area contributed by atoms with Gasteiger partial charge in [0.05, 0.1) is 0 Å². The first-order valence-electron chi connectivity index (χ1n) is 7.20. The van der Waals surface area contributed by atoms with E-state index in [1.165, 1.54) is 25.7 Å². The molecule has 1 N–H and O–H groups in total. The molecule has 0 aromatic carbocycles. The zero-order valence-electron chi connectivity index (χ0n) is 11.6. The van der Waals surface area contributed by atoms with Crippen LogP contribution >= 0.6 is 0 Å². The third-order valence-corrected chi connectivity index (χ3v) is 4.77. The third-order valence-electron chi connectivity index (χ3n) is 4.77. The quantitative estimate of drug-likeness (QED) is 0.887. The number of aromatic nitrogens is 2. The summed E-state index contributed by atoms with van der Waals surface area (Å²) in [6.07, 6.45) is 5.77. The van der Waals surface area contributed by atoms with Crippen molar-refractivity contribution in [2.24, 2.45) is 17.8 Å². The number of fused-ring (bicyclic) bond motifs is 2. The highest BCUT2D eigenvalue weighted by atomic mass is 15.1. The van der Waals surface area contributed by atoms with E-state index < -0.39 is 0 Å². The van der Waals surface area contributed by atoms with Gasteiger partial charge >= 0.3 is 0 Å². The van der Waals surface area contributed by atoms with Crippen LogP contribution in [0.15, 0.2) is 6.07 Å². The number of aryl methyl sites for hydroxylation is 2. The van der Waals surface area contributed by atoms with Gasteiger partial charge in [-0.25, -0.2) is 9.97 Å². The molecule has 2 aliphatic carbocycles. The fourth-order valence-electron chi connectivity index (χ4n) is 4.01. The average Bonchev–Trinajstić information content (AvgIpc) is 2.88. The predicted octanol–water partition coefficient (Wildman–Crippen LogP) is 3.33. The highest BCUT2D eigenvalue weighted by Gasteiger charge is 2.41. The van der Waals surface area contributed by atoms with Crippen LogP contribution in [0, 0.1) is 31.6 Å². The number of anilines is 1. The second-order valence-electron chi connectivity index (χ2n) is 6.25. The maximum atomic E-state index is 4.49. The summed E-state index contributed by atoms with van der Waals surface area (Å²) >= 11 is 0. The highest BCUT2D eigenvalue weighted by molar-refractivity contribution is 5.29. The lowest BCUT2D eigenvalue weighted by Crippen LogP contribution is -2.30. The molecule has 2 bridgehead atoms. The largest absolute Gasteiger partial charge is 0.351 e. The molecular formula is C15H23N3.